The van der Waals surface area contributed by atoms with Crippen molar-refractivity contribution in [1.82, 2.24) is 20.5 Å². The number of hydrogen-bond acceptors (Lipinski definition) is 3. The van der Waals surface area contributed by atoms with E-state index < -0.39 is 0 Å². The Labute approximate surface area is 127 Å². The van der Waals surface area contributed by atoms with Crippen molar-refractivity contribution < 1.29 is 0 Å². The second-order valence-corrected chi connectivity index (χ2v) is 5.45. The molecular formula is C16H27N5. The van der Waals surface area contributed by atoms with Crippen LogP contribution in [0.15, 0.2) is 29.4 Å². The number of pyridine rings is 1. The van der Waals surface area contributed by atoms with Crippen LogP contribution in [0.2, 0.25) is 0 Å². The zero-order valence-corrected chi connectivity index (χ0v) is 13.2. The number of guanidine groups is 1. The van der Waals surface area contributed by atoms with Crippen LogP contribution >= 0.6 is 0 Å². The quantitative estimate of drug-likeness (QED) is 0.615. The molecule has 1 atom stereocenters. The van der Waals surface area contributed by atoms with E-state index in [-0.39, 0.29) is 0 Å². The number of nitrogens with zero attached hydrogens (tertiary/aromatic N) is 3. The van der Waals surface area contributed by atoms with E-state index in [1.165, 1.54) is 19.5 Å². The van der Waals surface area contributed by atoms with Crippen molar-refractivity contribution in [2.24, 2.45) is 10.9 Å². The average Bonchev–Trinajstić information content (AvgIpc) is 2.99. The summed E-state index contributed by atoms with van der Waals surface area (Å²) in [6.07, 6.45) is 3.09. The highest BCUT2D eigenvalue weighted by atomic mass is 15.2. The van der Waals surface area contributed by atoms with Gasteiger partial charge in [-0.1, -0.05) is 13.0 Å². The Hall–Kier alpha value is -1.62. The van der Waals surface area contributed by atoms with E-state index >= 15 is 0 Å². The van der Waals surface area contributed by atoms with Crippen LogP contribution in [0.3, 0.4) is 0 Å². The average molecular weight is 289 g/mol. The van der Waals surface area contributed by atoms with E-state index in [1.54, 1.807) is 0 Å². The SMILES string of the molecule is CCNC(=NCc1ccccn1)NCC1CCN(CC)C1. The van der Waals surface area contributed by atoms with Crippen molar-refractivity contribution in [2.45, 2.75) is 26.8 Å². The molecule has 0 aliphatic carbocycles. The van der Waals surface area contributed by atoms with Gasteiger partial charge in [-0.3, -0.25) is 4.98 Å². The summed E-state index contributed by atoms with van der Waals surface area (Å²) in [5.41, 5.74) is 0.993. The summed E-state index contributed by atoms with van der Waals surface area (Å²) < 4.78 is 0. The Morgan fingerprint density at radius 1 is 1.38 bits per heavy atom. The van der Waals surface area contributed by atoms with Gasteiger partial charge in [-0.2, -0.15) is 0 Å². The molecule has 1 fully saturated rings. The van der Waals surface area contributed by atoms with E-state index in [9.17, 15) is 0 Å². The largest absolute Gasteiger partial charge is 0.357 e. The van der Waals surface area contributed by atoms with Crippen LogP contribution in [-0.2, 0) is 6.54 Å². The van der Waals surface area contributed by atoms with Crippen molar-refractivity contribution in [2.75, 3.05) is 32.7 Å². The van der Waals surface area contributed by atoms with E-state index in [0.717, 1.165) is 37.2 Å². The second-order valence-electron chi connectivity index (χ2n) is 5.45. The third-order valence-corrected chi connectivity index (χ3v) is 3.84. The molecule has 2 N–H and O–H groups in total. The van der Waals surface area contributed by atoms with Crippen LogP contribution in [0.4, 0.5) is 0 Å². The standard InChI is InChI=1S/C16H27N5/c1-3-17-16(20-12-15-7-5-6-9-18-15)19-11-14-8-10-21(4-2)13-14/h5-7,9,14H,3-4,8,10-13H2,1-2H3,(H2,17,19,20). The zero-order chi connectivity index (χ0) is 14.9. The lowest BCUT2D eigenvalue weighted by Crippen LogP contribution is -2.40. The molecule has 21 heavy (non-hydrogen) atoms. The van der Waals surface area contributed by atoms with Crippen molar-refractivity contribution in [3.8, 4) is 0 Å². The van der Waals surface area contributed by atoms with E-state index in [4.69, 9.17) is 0 Å². The molecule has 1 unspecified atom stereocenters. The summed E-state index contributed by atoms with van der Waals surface area (Å²) in [5.74, 6) is 1.61. The third-order valence-electron chi connectivity index (χ3n) is 3.84. The third kappa shape index (κ3) is 5.34. The second kappa shape index (κ2) is 8.62. The Morgan fingerprint density at radius 3 is 2.95 bits per heavy atom. The Bertz CT molecular complexity index is 432. The Balaban J connectivity index is 1.81. The summed E-state index contributed by atoms with van der Waals surface area (Å²) in [5, 5.41) is 6.76. The first-order valence-electron chi connectivity index (χ1n) is 7.96. The van der Waals surface area contributed by atoms with Crippen LogP contribution in [0.1, 0.15) is 26.0 Å². The molecular weight excluding hydrogens is 262 g/mol. The first-order valence-corrected chi connectivity index (χ1v) is 7.96. The van der Waals surface area contributed by atoms with E-state index in [0.29, 0.717) is 6.54 Å². The molecule has 5 heteroatoms. The van der Waals surface area contributed by atoms with Gasteiger partial charge in [0.1, 0.15) is 0 Å². The maximum absolute atomic E-state index is 4.60. The zero-order valence-electron chi connectivity index (χ0n) is 13.2. The Morgan fingerprint density at radius 2 is 2.29 bits per heavy atom. The van der Waals surface area contributed by atoms with E-state index in [1.807, 2.05) is 24.4 Å². The molecule has 0 bridgehead atoms. The van der Waals surface area contributed by atoms with Gasteiger partial charge in [0, 0.05) is 25.8 Å². The fourth-order valence-electron chi connectivity index (χ4n) is 2.60. The van der Waals surface area contributed by atoms with Crippen LogP contribution in [-0.4, -0.2) is 48.6 Å². The number of aliphatic imine (C=N–C) groups is 1. The van der Waals surface area contributed by atoms with Gasteiger partial charge in [0.2, 0.25) is 0 Å². The van der Waals surface area contributed by atoms with Crippen LogP contribution in [0, 0.1) is 5.92 Å². The van der Waals surface area contributed by atoms with Gasteiger partial charge >= 0.3 is 0 Å². The van der Waals surface area contributed by atoms with Gasteiger partial charge in [0.15, 0.2) is 5.96 Å². The fraction of sp³-hybridized carbons (Fsp3) is 0.625. The highest BCUT2D eigenvalue weighted by Crippen LogP contribution is 2.14. The molecule has 5 nitrogen and oxygen atoms in total. The molecule has 0 spiro atoms. The highest BCUT2D eigenvalue weighted by molar-refractivity contribution is 5.79. The predicted octanol–water partition coefficient (Wildman–Crippen LogP) is 1.48. The van der Waals surface area contributed by atoms with Crippen LogP contribution in [0.25, 0.3) is 0 Å². The molecule has 0 saturated carbocycles. The summed E-state index contributed by atoms with van der Waals surface area (Å²) >= 11 is 0. The summed E-state index contributed by atoms with van der Waals surface area (Å²) in [4.78, 5) is 11.4. The number of nitrogens with one attached hydrogen (secondary N) is 2. The number of likely N-dealkylation sites (tertiary alicyclic amines) is 1. The predicted molar refractivity (Wildman–Crippen MR) is 87.3 cm³/mol. The lowest BCUT2D eigenvalue weighted by molar-refractivity contribution is 0.342. The smallest absolute Gasteiger partial charge is 0.191 e. The van der Waals surface area contributed by atoms with Crippen LogP contribution < -0.4 is 10.6 Å². The summed E-state index contributed by atoms with van der Waals surface area (Å²) in [7, 11) is 0. The number of aromatic nitrogens is 1. The topological polar surface area (TPSA) is 52.6 Å². The minimum Gasteiger partial charge on any atom is -0.357 e. The van der Waals surface area contributed by atoms with Gasteiger partial charge in [0.25, 0.3) is 0 Å². The molecule has 0 aromatic carbocycles. The number of hydrogen-bond donors (Lipinski definition) is 2. The van der Waals surface area contributed by atoms with Gasteiger partial charge < -0.3 is 15.5 Å². The van der Waals surface area contributed by atoms with Crippen molar-refractivity contribution >= 4 is 5.96 Å². The molecule has 1 aliphatic heterocycles. The molecule has 1 aliphatic rings. The molecule has 1 aromatic heterocycles. The highest BCUT2D eigenvalue weighted by Gasteiger charge is 2.20. The minimum atomic E-state index is 0.613. The molecule has 116 valence electrons. The minimum absolute atomic E-state index is 0.613. The lowest BCUT2D eigenvalue weighted by Gasteiger charge is -2.16. The van der Waals surface area contributed by atoms with Gasteiger partial charge in [-0.05, 0) is 44.5 Å². The lowest BCUT2D eigenvalue weighted by atomic mass is 10.1. The maximum Gasteiger partial charge on any atom is 0.191 e. The fourth-order valence-corrected chi connectivity index (χ4v) is 2.60. The van der Waals surface area contributed by atoms with Gasteiger partial charge in [0.05, 0.1) is 12.2 Å². The number of rotatable bonds is 6. The molecule has 1 aromatic rings. The monoisotopic (exact) mass is 289 g/mol. The van der Waals surface area contributed by atoms with Gasteiger partial charge in [-0.25, -0.2) is 4.99 Å². The molecule has 0 amide bonds. The first-order chi connectivity index (χ1) is 10.3. The van der Waals surface area contributed by atoms with Gasteiger partial charge in [-0.15, -0.1) is 0 Å². The molecule has 1 saturated heterocycles. The van der Waals surface area contributed by atoms with Crippen molar-refractivity contribution in [1.29, 1.82) is 0 Å². The summed E-state index contributed by atoms with van der Waals surface area (Å²) in [6, 6.07) is 5.93. The summed E-state index contributed by atoms with van der Waals surface area (Å²) in [6.45, 7) is 10.4. The molecule has 2 rings (SSSR count). The first kappa shape index (κ1) is 15.8. The Kier molecular flexibility index (Phi) is 6.47. The van der Waals surface area contributed by atoms with Crippen LogP contribution in [0.5, 0.6) is 0 Å². The van der Waals surface area contributed by atoms with E-state index in [2.05, 4.69) is 39.4 Å². The normalized spacial score (nSPS) is 19.7. The maximum atomic E-state index is 4.60. The van der Waals surface area contributed by atoms with Crippen molar-refractivity contribution in [3.05, 3.63) is 30.1 Å². The molecule has 2 heterocycles. The van der Waals surface area contributed by atoms with Crippen molar-refractivity contribution in [3.63, 3.8) is 0 Å². The molecule has 0 radical (unpaired) electrons.